The smallest absolute Gasteiger partial charge is 0.217 e. The summed E-state index contributed by atoms with van der Waals surface area (Å²) in [6.45, 7) is 8.11. The molecule has 1 aliphatic rings. The minimum atomic E-state index is -0.969. The van der Waals surface area contributed by atoms with Crippen LogP contribution in [-0.4, -0.2) is 48.0 Å². The first-order valence-corrected chi connectivity index (χ1v) is 12.8. The Morgan fingerprint density at radius 2 is 1.70 bits per heavy atom. The Morgan fingerprint density at radius 3 is 2.24 bits per heavy atom. The molecule has 2 unspecified atom stereocenters. The summed E-state index contributed by atoms with van der Waals surface area (Å²) in [5.41, 5.74) is 8.62. The van der Waals surface area contributed by atoms with Crippen molar-refractivity contribution in [2.24, 2.45) is 5.73 Å². The minimum Gasteiger partial charge on any atom is -0.400 e. The van der Waals surface area contributed by atoms with Crippen LogP contribution in [0.1, 0.15) is 70.1 Å². The van der Waals surface area contributed by atoms with Gasteiger partial charge in [-0.25, -0.2) is 8.78 Å². The van der Waals surface area contributed by atoms with Gasteiger partial charge in [-0.2, -0.15) is 0 Å². The fraction of sp³-hybridized carbons (Fsp3) is 0.552. The first-order valence-electron chi connectivity index (χ1n) is 12.8. The number of aliphatic hydroxyl groups is 2. The highest BCUT2D eigenvalue weighted by atomic mass is 19.1. The van der Waals surface area contributed by atoms with Gasteiger partial charge in [0.2, 0.25) is 5.91 Å². The van der Waals surface area contributed by atoms with Gasteiger partial charge in [0.05, 0.1) is 12.1 Å². The molecular formula is C29H43F2N3O3. The average molecular weight is 520 g/mol. The first-order chi connectivity index (χ1) is 17.4. The zero-order valence-electron chi connectivity index (χ0n) is 22.7. The highest BCUT2D eigenvalue weighted by Crippen LogP contribution is 2.38. The summed E-state index contributed by atoms with van der Waals surface area (Å²) in [4.78, 5) is 11.8. The van der Waals surface area contributed by atoms with E-state index < -0.39 is 23.8 Å². The van der Waals surface area contributed by atoms with E-state index in [0.717, 1.165) is 44.4 Å². The summed E-state index contributed by atoms with van der Waals surface area (Å²) >= 11 is 0. The number of benzene rings is 2. The number of hydrogen-bond donors (Lipinski definition) is 5. The molecule has 3 rings (SSSR count). The standard InChI is InChI=1S/C28H39F2N3O2.CH4O/c1-18(34)33-25(14-19-12-22(29)16-23(30)13-19)26(35)17-32-28(10-8-24(31)9-11-28)21-7-5-6-20(15-21)27(2,3)4;1-2/h5-7,12-13,15-16,24-26,32,35H,8-11,14,17,31H2,1-4H3,(H,33,34);2H,1H3. The maximum absolute atomic E-state index is 13.7. The van der Waals surface area contributed by atoms with E-state index in [1.54, 1.807) is 0 Å². The summed E-state index contributed by atoms with van der Waals surface area (Å²) in [5, 5.41) is 24.5. The number of hydrogen-bond acceptors (Lipinski definition) is 5. The Hall–Kier alpha value is -2.39. The van der Waals surface area contributed by atoms with Crippen LogP contribution in [0, 0.1) is 11.6 Å². The van der Waals surface area contributed by atoms with Gasteiger partial charge in [0, 0.05) is 38.2 Å². The molecule has 6 nitrogen and oxygen atoms in total. The molecule has 1 saturated carbocycles. The van der Waals surface area contributed by atoms with Crippen molar-refractivity contribution in [3.05, 3.63) is 70.8 Å². The van der Waals surface area contributed by atoms with Gasteiger partial charge in [-0.05, 0) is 66.3 Å². The number of nitrogens with one attached hydrogen (secondary N) is 2. The summed E-state index contributed by atoms with van der Waals surface area (Å²) in [5.74, 6) is -1.70. The number of nitrogens with two attached hydrogens (primary N) is 1. The molecule has 1 aliphatic carbocycles. The van der Waals surface area contributed by atoms with Crippen LogP contribution >= 0.6 is 0 Å². The van der Waals surface area contributed by atoms with Crippen molar-refractivity contribution < 1.29 is 23.8 Å². The molecule has 0 bridgehead atoms. The van der Waals surface area contributed by atoms with E-state index in [0.29, 0.717) is 5.56 Å². The molecule has 1 amide bonds. The van der Waals surface area contributed by atoms with E-state index in [4.69, 9.17) is 10.8 Å². The maximum Gasteiger partial charge on any atom is 0.217 e. The van der Waals surface area contributed by atoms with Gasteiger partial charge in [0.1, 0.15) is 11.6 Å². The molecule has 0 heterocycles. The van der Waals surface area contributed by atoms with Gasteiger partial charge in [-0.3, -0.25) is 4.79 Å². The second-order valence-electron chi connectivity index (χ2n) is 11.0. The molecule has 0 saturated heterocycles. The Bertz CT molecular complexity index is 997. The second-order valence-corrected chi connectivity index (χ2v) is 11.0. The normalized spacial score (nSPS) is 21.4. The number of halogens is 2. The molecular weight excluding hydrogens is 476 g/mol. The lowest BCUT2D eigenvalue weighted by Gasteiger charge is -2.42. The van der Waals surface area contributed by atoms with Crippen molar-refractivity contribution in [1.82, 2.24) is 10.6 Å². The summed E-state index contributed by atoms with van der Waals surface area (Å²) in [6.07, 6.45) is 2.52. The van der Waals surface area contributed by atoms with Crippen LogP contribution in [0.2, 0.25) is 0 Å². The van der Waals surface area contributed by atoms with Gasteiger partial charge in [0.25, 0.3) is 0 Å². The molecule has 206 valence electrons. The Morgan fingerprint density at radius 1 is 1.11 bits per heavy atom. The fourth-order valence-electron chi connectivity index (χ4n) is 4.95. The fourth-order valence-corrected chi connectivity index (χ4v) is 4.95. The maximum atomic E-state index is 13.7. The van der Waals surface area contributed by atoms with Crippen molar-refractivity contribution in [1.29, 1.82) is 0 Å². The van der Waals surface area contributed by atoms with Gasteiger partial charge in [-0.15, -0.1) is 0 Å². The number of aliphatic hydroxyl groups excluding tert-OH is 2. The average Bonchev–Trinajstić information content (AvgIpc) is 2.83. The third-order valence-electron chi connectivity index (χ3n) is 7.05. The zero-order chi connectivity index (χ0) is 27.8. The van der Waals surface area contributed by atoms with E-state index in [1.807, 2.05) is 0 Å². The van der Waals surface area contributed by atoms with Crippen molar-refractivity contribution in [2.75, 3.05) is 13.7 Å². The number of amides is 1. The predicted molar refractivity (Wildman–Crippen MR) is 143 cm³/mol. The van der Waals surface area contributed by atoms with E-state index in [2.05, 4.69) is 55.7 Å². The molecule has 37 heavy (non-hydrogen) atoms. The lowest BCUT2D eigenvalue weighted by atomic mass is 9.73. The highest BCUT2D eigenvalue weighted by molar-refractivity contribution is 5.73. The molecule has 0 aromatic heterocycles. The molecule has 0 radical (unpaired) electrons. The van der Waals surface area contributed by atoms with E-state index in [9.17, 15) is 18.7 Å². The molecule has 0 spiro atoms. The van der Waals surface area contributed by atoms with Crippen LogP contribution < -0.4 is 16.4 Å². The molecule has 2 aromatic rings. The second kappa shape index (κ2) is 13.4. The topological polar surface area (TPSA) is 108 Å². The number of carbonyl (C=O) groups excluding carboxylic acids is 1. The van der Waals surface area contributed by atoms with Gasteiger partial charge < -0.3 is 26.6 Å². The number of rotatable bonds is 8. The third-order valence-corrected chi connectivity index (χ3v) is 7.05. The molecule has 2 aromatic carbocycles. The first kappa shape index (κ1) is 30.8. The van der Waals surface area contributed by atoms with Gasteiger partial charge in [-0.1, -0.05) is 45.0 Å². The van der Waals surface area contributed by atoms with Crippen LogP contribution in [0.15, 0.2) is 42.5 Å². The van der Waals surface area contributed by atoms with E-state index >= 15 is 0 Å². The molecule has 8 heteroatoms. The molecule has 2 atom stereocenters. The van der Waals surface area contributed by atoms with Crippen LogP contribution in [0.4, 0.5) is 8.78 Å². The van der Waals surface area contributed by atoms with Crippen molar-refractivity contribution >= 4 is 5.91 Å². The van der Waals surface area contributed by atoms with Gasteiger partial charge >= 0.3 is 0 Å². The van der Waals surface area contributed by atoms with Crippen molar-refractivity contribution in [3.8, 4) is 0 Å². The van der Waals surface area contributed by atoms with Crippen LogP contribution in [0.3, 0.4) is 0 Å². The van der Waals surface area contributed by atoms with Crippen LogP contribution in [-0.2, 0) is 22.2 Å². The largest absolute Gasteiger partial charge is 0.400 e. The molecule has 6 N–H and O–H groups in total. The molecule has 1 fully saturated rings. The monoisotopic (exact) mass is 519 g/mol. The van der Waals surface area contributed by atoms with E-state index in [1.165, 1.54) is 24.6 Å². The third kappa shape index (κ3) is 8.85. The summed E-state index contributed by atoms with van der Waals surface area (Å²) in [7, 11) is 1.00. The minimum absolute atomic E-state index is 0.00147. The van der Waals surface area contributed by atoms with Crippen LogP contribution in [0.25, 0.3) is 0 Å². The van der Waals surface area contributed by atoms with Crippen molar-refractivity contribution in [2.45, 2.75) is 88.9 Å². The van der Waals surface area contributed by atoms with Gasteiger partial charge in [0.15, 0.2) is 0 Å². The summed E-state index contributed by atoms with van der Waals surface area (Å²) in [6, 6.07) is 11.2. The van der Waals surface area contributed by atoms with Crippen LogP contribution in [0.5, 0.6) is 0 Å². The van der Waals surface area contributed by atoms with E-state index in [-0.39, 0.29) is 35.9 Å². The SMILES string of the molecule is CC(=O)NC(Cc1cc(F)cc(F)c1)C(O)CNC1(c2cccc(C(C)(C)C)c2)CCC(N)CC1.CO. The Kier molecular flexibility index (Phi) is 11.2. The number of carbonyl (C=O) groups is 1. The lowest BCUT2D eigenvalue weighted by Crippen LogP contribution is -2.54. The summed E-state index contributed by atoms with van der Waals surface area (Å²) < 4.78 is 27.4. The highest BCUT2D eigenvalue weighted by Gasteiger charge is 2.37. The molecule has 0 aliphatic heterocycles. The Balaban J connectivity index is 0.00000235. The lowest BCUT2D eigenvalue weighted by molar-refractivity contribution is -0.120. The van der Waals surface area contributed by atoms with Crippen molar-refractivity contribution in [3.63, 3.8) is 0 Å². The predicted octanol–water partition coefficient (Wildman–Crippen LogP) is 3.67. The Labute approximate surface area is 219 Å². The zero-order valence-corrected chi connectivity index (χ0v) is 22.7. The quantitative estimate of drug-likeness (QED) is 0.366.